The zero-order chi connectivity index (χ0) is 32.0. The number of epoxide rings is 2. The Morgan fingerprint density at radius 3 is 1.77 bits per heavy atom. The van der Waals surface area contributed by atoms with Crippen molar-refractivity contribution in [2.45, 2.75) is 46.8 Å². The zero-order valence-corrected chi connectivity index (χ0v) is 26.9. The number of aromatic nitrogens is 6. The molecule has 4 atom stereocenters. The highest BCUT2D eigenvalue weighted by Crippen LogP contribution is 2.60. The van der Waals surface area contributed by atoms with E-state index in [1.54, 1.807) is 21.5 Å². The average Bonchev–Trinajstić information content (AvgIpc) is 3.87. The topological polar surface area (TPSA) is 86.5 Å². The Morgan fingerprint density at radius 1 is 0.660 bits per heavy atom. The van der Waals surface area contributed by atoms with Crippen molar-refractivity contribution < 1.29 is 18.3 Å². The number of ether oxygens (including phenoxy) is 2. The van der Waals surface area contributed by atoms with E-state index in [0.717, 1.165) is 16.7 Å². The predicted octanol–water partition coefficient (Wildman–Crippen LogP) is 7.93. The van der Waals surface area contributed by atoms with Gasteiger partial charge in [-0.15, -0.1) is 0 Å². The van der Waals surface area contributed by atoms with E-state index in [4.69, 9.17) is 21.1 Å². The van der Waals surface area contributed by atoms with Crippen LogP contribution in [0.5, 0.6) is 0 Å². The first-order valence-electron chi connectivity index (χ1n) is 14.7. The van der Waals surface area contributed by atoms with Crippen LogP contribution in [0.3, 0.4) is 0 Å². The standard InChI is InChI=1S/C34H25ClF2N6O2S2/c35-28-15-5-4-14-27(28)30-34(45-30,24-11-7-13-26(37)17-24)19-43-32(39-21-41-43)47-46-31-38-20-40-42(31)18-33(23-10-6-12-25(36)16-23)29(44-33)22-8-2-1-3-9-22/h1-17,20-21,29-30H,18-19H2. The van der Waals surface area contributed by atoms with Crippen LogP contribution in [0.2, 0.25) is 5.02 Å². The molecule has 4 aromatic carbocycles. The molecule has 0 spiro atoms. The fraction of sp³-hybridized carbons (Fsp3) is 0.176. The minimum Gasteiger partial charge on any atom is -0.354 e. The molecular weight excluding hydrogens is 662 g/mol. The second kappa shape index (κ2) is 12.2. The highest BCUT2D eigenvalue weighted by atomic mass is 35.5. The lowest BCUT2D eigenvalue weighted by atomic mass is 9.91. The van der Waals surface area contributed by atoms with Crippen LogP contribution in [-0.2, 0) is 33.8 Å². The van der Waals surface area contributed by atoms with Gasteiger partial charge in [0, 0.05) is 10.6 Å². The van der Waals surface area contributed by atoms with Crippen LogP contribution in [0.15, 0.2) is 126 Å². The van der Waals surface area contributed by atoms with E-state index in [-0.39, 0.29) is 24.3 Å². The maximum Gasteiger partial charge on any atom is 0.197 e. The lowest BCUT2D eigenvalue weighted by molar-refractivity contribution is 0.255. The molecule has 2 fully saturated rings. The van der Waals surface area contributed by atoms with Crippen molar-refractivity contribution in [3.63, 3.8) is 0 Å². The Hall–Kier alpha value is -4.07. The molecule has 2 aliphatic heterocycles. The third-order valence-corrected chi connectivity index (χ3v) is 10.9. The summed E-state index contributed by atoms with van der Waals surface area (Å²) in [5, 5.41) is 10.8. The number of halogens is 3. The highest BCUT2D eigenvalue weighted by Gasteiger charge is 2.60. The summed E-state index contributed by atoms with van der Waals surface area (Å²) in [5.41, 5.74) is 1.52. The molecule has 4 unspecified atom stereocenters. The molecule has 2 aromatic heterocycles. The molecule has 2 saturated heterocycles. The summed E-state index contributed by atoms with van der Waals surface area (Å²) in [7, 11) is 2.73. The Balaban J connectivity index is 1.04. The fourth-order valence-corrected chi connectivity index (χ4v) is 8.24. The van der Waals surface area contributed by atoms with E-state index in [1.165, 1.54) is 58.5 Å². The predicted molar refractivity (Wildman–Crippen MR) is 173 cm³/mol. The van der Waals surface area contributed by atoms with E-state index in [0.29, 0.717) is 27.4 Å². The van der Waals surface area contributed by atoms with Gasteiger partial charge in [0.25, 0.3) is 0 Å². The molecule has 47 heavy (non-hydrogen) atoms. The van der Waals surface area contributed by atoms with Crippen LogP contribution in [0, 0.1) is 11.6 Å². The van der Waals surface area contributed by atoms with Crippen molar-refractivity contribution in [2.75, 3.05) is 0 Å². The van der Waals surface area contributed by atoms with Crippen LogP contribution >= 0.6 is 33.2 Å². The lowest BCUT2D eigenvalue weighted by Gasteiger charge is -2.16. The number of benzene rings is 4. The summed E-state index contributed by atoms with van der Waals surface area (Å²) in [4.78, 5) is 8.99. The molecule has 8 rings (SSSR count). The second-order valence-corrected chi connectivity index (χ2v) is 13.8. The lowest BCUT2D eigenvalue weighted by Crippen LogP contribution is -2.21. The normalized spacial score (nSPS) is 23.1. The van der Waals surface area contributed by atoms with Gasteiger partial charge < -0.3 is 9.47 Å². The van der Waals surface area contributed by atoms with Crippen LogP contribution in [0.1, 0.15) is 34.5 Å². The van der Waals surface area contributed by atoms with Gasteiger partial charge in [-0.2, -0.15) is 10.2 Å². The summed E-state index contributed by atoms with van der Waals surface area (Å²) in [6.45, 7) is 0.596. The van der Waals surface area contributed by atoms with E-state index < -0.39 is 17.3 Å². The molecule has 4 heterocycles. The van der Waals surface area contributed by atoms with Gasteiger partial charge in [-0.05, 0) is 68.6 Å². The first kappa shape index (κ1) is 30.3. The molecule has 0 radical (unpaired) electrons. The first-order valence-corrected chi connectivity index (χ1v) is 17.3. The molecular formula is C34H25ClF2N6O2S2. The van der Waals surface area contributed by atoms with Crippen molar-refractivity contribution in [2.24, 2.45) is 0 Å². The summed E-state index contributed by atoms with van der Waals surface area (Å²) in [5.74, 6) is -0.691. The third kappa shape index (κ3) is 5.74. The summed E-state index contributed by atoms with van der Waals surface area (Å²) in [6.07, 6.45) is 2.29. The maximum atomic E-state index is 14.4. The maximum absolute atomic E-state index is 14.4. The molecule has 2 aliphatic rings. The second-order valence-electron chi connectivity index (χ2n) is 11.3. The fourth-order valence-electron chi connectivity index (χ4n) is 6.06. The van der Waals surface area contributed by atoms with Crippen LogP contribution in [-0.4, -0.2) is 29.5 Å². The van der Waals surface area contributed by atoms with Crippen LogP contribution in [0.4, 0.5) is 8.78 Å². The summed E-state index contributed by atoms with van der Waals surface area (Å²) >= 11 is 6.54. The Kier molecular flexibility index (Phi) is 7.85. The Morgan fingerprint density at radius 2 is 1.19 bits per heavy atom. The highest BCUT2D eigenvalue weighted by molar-refractivity contribution is 8.76. The molecule has 13 heteroatoms. The van der Waals surface area contributed by atoms with Gasteiger partial charge in [0.05, 0.1) is 13.1 Å². The van der Waals surface area contributed by atoms with Gasteiger partial charge in [-0.25, -0.2) is 28.1 Å². The van der Waals surface area contributed by atoms with Gasteiger partial charge in [0.15, 0.2) is 10.3 Å². The Bertz CT molecular complexity index is 2070. The van der Waals surface area contributed by atoms with Crippen molar-refractivity contribution >= 4 is 33.2 Å². The molecule has 0 saturated carbocycles. The minimum atomic E-state index is -0.895. The quantitative estimate of drug-likeness (QED) is 0.100. The monoisotopic (exact) mass is 686 g/mol. The number of hydrogen-bond acceptors (Lipinski definition) is 8. The van der Waals surface area contributed by atoms with Crippen LogP contribution < -0.4 is 0 Å². The molecule has 0 bridgehead atoms. The molecule has 0 N–H and O–H groups in total. The van der Waals surface area contributed by atoms with Crippen molar-refractivity contribution in [3.8, 4) is 0 Å². The van der Waals surface area contributed by atoms with Crippen molar-refractivity contribution in [1.82, 2.24) is 29.5 Å². The van der Waals surface area contributed by atoms with E-state index in [1.807, 2.05) is 66.7 Å². The number of hydrogen-bond donors (Lipinski definition) is 0. The van der Waals surface area contributed by atoms with E-state index in [9.17, 15) is 8.78 Å². The van der Waals surface area contributed by atoms with Gasteiger partial charge in [-0.1, -0.05) is 84.4 Å². The minimum absolute atomic E-state index is 0.271. The Labute approximate surface area is 281 Å². The van der Waals surface area contributed by atoms with Gasteiger partial charge in [-0.3, -0.25) is 0 Å². The van der Waals surface area contributed by atoms with E-state index >= 15 is 0 Å². The zero-order valence-electron chi connectivity index (χ0n) is 24.5. The number of rotatable bonds is 11. The SMILES string of the molecule is Fc1cccc(C2(Cn3ncnc3SSc3ncnn3CC3(c4cccc(F)c4)OC3c3ccccc3Cl)OC2c2ccccc2)c1. The first-order chi connectivity index (χ1) is 22.9. The molecule has 0 aliphatic carbocycles. The third-order valence-electron chi connectivity index (χ3n) is 8.43. The van der Waals surface area contributed by atoms with Crippen LogP contribution in [0.25, 0.3) is 0 Å². The molecule has 6 aromatic rings. The summed E-state index contributed by atoms with van der Waals surface area (Å²) in [6, 6.07) is 30.2. The average molecular weight is 687 g/mol. The molecule has 8 nitrogen and oxygen atoms in total. The number of nitrogens with zero attached hydrogens (tertiary/aromatic N) is 6. The van der Waals surface area contributed by atoms with Crippen molar-refractivity contribution in [1.29, 1.82) is 0 Å². The molecule has 236 valence electrons. The van der Waals surface area contributed by atoms with E-state index in [2.05, 4.69) is 20.2 Å². The van der Waals surface area contributed by atoms with Crippen molar-refractivity contribution in [3.05, 3.63) is 155 Å². The summed E-state index contributed by atoms with van der Waals surface area (Å²) < 4.78 is 45.0. The largest absolute Gasteiger partial charge is 0.354 e. The smallest absolute Gasteiger partial charge is 0.197 e. The van der Waals surface area contributed by atoms with Gasteiger partial charge in [0.1, 0.15) is 47.7 Å². The van der Waals surface area contributed by atoms with Gasteiger partial charge in [0.2, 0.25) is 0 Å². The molecule has 0 amide bonds. The van der Waals surface area contributed by atoms with Gasteiger partial charge >= 0.3 is 0 Å².